The van der Waals surface area contributed by atoms with E-state index in [-0.39, 0.29) is 19.8 Å². The van der Waals surface area contributed by atoms with E-state index in [1.807, 2.05) is 24.3 Å². The van der Waals surface area contributed by atoms with Crippen molar-refractivity contribution in [2.45, 2.75) is 64.8 Å². The summed E-state index contributed by atoms with van der Waals surface area (Å²) in [5.41, 5.74) is 0.242. The molecule has 1 aromatic heterocycles. The number of aromatic nitrogens is 2. The fraction of sp³-hybridized carbons (Fsp3) is 0.538. The molecule has 1 saturated carbocycles. The van der Waals surface area contributed by atoms with Gasteiger partial charge < -0.3 is 18.8 Å². The molecule has 1 heterocycles. The van der Waals surface area contributed by atoms with Crippen molar-refractivity contribution in [3.8, 4) is 0 Å². The number of fused-ring (bicyclic) bond motifs is 1. The van der Waals surface area contributed by atoms with Gasteiger partial charge in [0, 0.05) is 29.1 Å². The molecule has 1 aromatic carbocycles. The Balaban J connectivity index is 1.88. The van der Waals surface area contributed by atoms with Gasteiger partial charge in [0.05, 0.1) is 25.5 Å². The molecule has 0 aliphatic heterocycles. The number of imidazole rings is 1. The lowest BCUT2D eigenvalue weighted by atomic mass is 9.73. The van der Waals surface area contributed by atoms with Crippen LogP contribution in [0.5, 0.6) is 0 Å². The third kappa shape index (κ3) is 4.56. The molecule has 188 valence electrons. The third-order valence-corrected chi connectivity index (χ3v) is 6.88. The Labute approximate surface area is 209 Å². The van der Waals surface area contributed by atoms with Crippen molar-refractivity contribution in [3.63, 3.8) is 0 Å². The molecule has 4 rings (SSSR count). The quantitative estimate of drug-likeness (QED) is 0.273. The minimum atomic E-state index is -2.26. The van der Waals surface area contributed by atoms with Gasteiger partial charge in [-0.15, -0.1) is 0 Å². The van der Waals surface area contributed by atoms with Crippen LogP contribution in [0.25, 0.3) is 0 Å². The van der Waals surface area contributed by atoms with E-state index in [2.05, 4.69) is 4.57 Å². The number of carbonyl (C=O) groups is 3. The van der Waals surface area contributed by atoms with Gasteiger partial charge in [-0.1, -0.05) is 23.7 Å². The fourth-order valence-corrected chi connectivity index (χ4v) is 5.08. The summed E-state index contributed by atoms with van der Waals surface area (Å²) < 4.78 is 18.0. The van der Waals surface area contributed by atoms with Crippen LogP contribution in [-0.4, -0.2) is 47.3 Å². The van der Waals surface area contributed by atoms with Gasteiger partial charge in [0.25, 0.3) is 5.41 Å². The zero-order chi connectivity index (χ0) is 25.2. The number of hydrogen-bond acceptors (Lipinski definition) is 7. The number of esters is 3. The minimum absolute atomic E-state index is 0.0102. The van der Waals surface area contributed by atoms with Crippen LogP contribution in [-0.2, 0) is 41.6 Å². The minimum Gasteiger partial charge on any atom is -0.465 e. The maximum atomic E-state index is 13.5. The van der Waals surface area contributed by atoms with Crippen LogP contribution in [0.15, 0.2) is 24.3 Å². The summed E-state index contributed by atoms with van der Waals surface area (Å²) in [6, 6.07) is 7.51. The smallest absolute Gasteiger partial charge is 0.335 e. The molecule has 1 unspecified atom stereocenters. The number of aryl methyl sites for hydroxylation is 1. The highest BCUT2D eigenvalue weighted by Gasteiger charge is 2.65. The van der Waals surface area contributed by atoms with Gasteiger partial charge in [0.15, 0.2) is 0 Å². The maximum Gasteiger partial charge on any atom is 0.335 e. The van der Waals surface area contributed by atoms with Gasteiger partial charge in [-0.05, 0) is 64.2 Å². The van der Waals surface area contributed by atoms with Crippen LogP contribution in [0.2, 0.25) is 5.02 Å². The SMILES string of the molecule is CCOC(=O)C(C(=O)OCC)(C(=O)OCC)C1CCc2nc(C3CC3)n(Cc3ccc(Cl)cc3)c21. The lowest BCUT2D eigenvalue weighted by molar-refractivity contribution is -0.186. The first-order valence-electron chi connectivity index (χ1n) is 12.2. The van der Waals surface area contributed by atoms with E-state index in [0.29, 0.717) is 36.0 Å². The average Bonchev–Trinajstić information content (AvgIpc) is 3.50. The molecule has 0 spiro atoms. The van der Waals surface area contributed by atoms with Crippen LogP contribution in [0.4, 0.5) is 0 Å². The average molecular weight is 503 g/mol. The standard InChI is InChI=1S/C26H31ClN2O6/c1-4-33-23(30)26(24(31)34-5-2,25(32)35-6-3)19-13-14-20-21(19)29(22(28-20)17-9-10-17)15-16-7-11-18(27)12-8-16/h7-8,11-12,17,19H,4-6,9-10,13-15H2,1-3H3. The molecule has 0 radical (unpaired) electrons. The number of carbonyl (C=O) groups excluding carboxylic acids is 3. The van der Waals surface area contributed by atoms with E-state index in [1.165, 1.54) is 0 Å². The zero-order valence-electron chi connectivity index (χ0n) is 20.3. The van der Waals surface area contributed by atoms with Gasteiger partial charge in [0.2, 0.25) is 0 Å². The van der Waals surface area contributed by atoms with Crippen molar-refractivity contribution in [3.05, 3.63) is 52.1 Å². The highest BCUT2D eigenvalue weighted by molar-refractivity contribution is 6.30. The molecule has 2 aliphatic carbocycles. The zero-order valence-corrected chi connectivity index (χ0v) is 21.1. The van der Waals surface area contributed by atoms with Crippen LogP contribution in [0.3, 0.4) is 0 Å². The topological polar surface area (TPSA) is 96.7 Å². The summed E-state index contributed by atoms with van der Waals surface area (Å²) in [4.78, 5) is 45.4. The summed E-state index contributed by atoms with van der Waals surface area (Å²) >= 11 is 6.08. The molecule has 0 bridgehead atoms. The molecule has 1 atom stereocenters. The normalized spacial score (nSPS) is 17.1. The van der Waals surface area contributed by atoms with Gasteiger partial charge in [0.1, 0.15) is 5.82 Å². The molecular weight excluding hydrogens is 472 g/mol. The summed E-state index contributed by atoms with van der Waals surface area (Å²) in [6.07, 6.45) is 2.97. The molecule has 0 amide bonds. The van der Waals surface area contributed by atoms with Gasteiger partial charge in [-0.3, -0.25) is 14.4 Å². The predicted octanol–water partition coefficient (Wildman–Crippen LogP) is 4.17. The molecule has 0 saturated heterocycles. The summed E-state index contributed by atoms with van der Waals surface area (Å²) in [5, 5.41) is 0.635. The Morgan fingerprint density at radius 1 is 0.943 bits per heavy atom. The monoisotopic (exact) mass is 502 g/mol. The van der Waals surface area contributed by atoms with E-state index in [1.54, 1.807) is 20.8 Å². The second-order valence-corrected chi connectivity index (χ2v) is 9.29. The number of hydrogen-bond donors (Lipinski definition) is 0. The number of halogens is 1. The first-order valence-corrected chi connectivity index (χ1v) is 12.6. The lowest BCUT2D eigenvalue weighted by Gasteiger charge is -2.33. The second kappa shape index (κ2) is 10.4. The van der Waals surface area contributed by atoms with Crippen LogP contribution in [0, 0.1) is 5.41 Å². The van der Waals surface area contributed by atoms with Crippen molar-refractivity contribution in [1.29, 1.82) is 0 Å². The van der Waals surface area contributed by atoms with Crippen LogP contribution >= 0.6 is 11.6 Å². The number of benzene rings is 1. The first kappa shape index (κ1) is 25.2. The Morgan fingerprint density at radius 3 is 1.97 bits per heavy atom. The molecule has 8 nitrogen and oxygen atoms in total. The highest BCUT2D eigenvalue weighted by Crippen LogP contribution is 2.51. The molecule has 2 aliphatic rings. The fourth-order valence-electron chi connectivity index (χ4n) is 4.95. The highest BCUT2D eigenvalue weighted by atomic mass is 35.5. The van der Waals surface area contributed by atoms with Crippen molar-refractivity contribution < 1.29 is 28.6 Å². The molecule has 2 aromatic rings. The van der Waals surface area contributed by atoms with E-state index in [0.717, 1.165) is 29.9 Å². The largest absolute Gasteiger partial charge is 0.465 e. The summed E-state index contributed by atoms with van der Waals surface area (Å²) in [5.74, 6) is -2.41. The number of rotatable bonds is 10. The molecule has 0 N–H and O–H groups in total. The van der Waals surface area contributed by atoms with Crippen LogP contribution < -0.4 is 0 Å². The summed E-state index contributed by atoms with van der Waals surface area (Å²) in [7, 11) is 0. The molecule has 35 heavy (non-hydrogen) atoms. The second-order valence-electron chi connectivity index (χ2n) is 8.85. The van der Waals surface area contributed by atoms with Crippen LogP contribution in [0.1, 0.15) is 74.6 Å². The first-order chi connectivity index (χ1) is 16.9. The number of ether oxygens (including phenoxy) is 3. The Hall–Kier alpha value is -2.87. The third-order valence-electron chi connectivity index (χ3n) is 6.62. The Kier molecular flexibility index (Phi) is 7.50. The van der Waals surface area contributed by atoms with E-state index >= 15 is 0 Å². The maximum absolute atomic E-state index is 13.5. The van der Waals surface area contributed by atoms with Gasteiger partial charge >= 0.3 is 17.9 Å². The van der Waals surface area contributed by atoms with E-state index in [9.17, 15) is 14.4 Å². The van der Waals surface area contributed by atoms with Gasteiger partial charge in [-0.25, -0.2) is 4.98 Å². The van der Waals surface area contributed by atoms with Crippen molar-refractivity contribution in [2.75, 3.05) is 19.8 Å². The molecular formula is C26H31ClN2O6. The number of nitrogens with zero attached hydrogens (tertiary/aromatic N) is 2. The Bertz CT molecular complexity index is 1060. The van der Waals surface area contributed by atoms with E-state index < -0.39 is 29.2 Å². The predicted molar refractivity (Wildman–Crippen MR) is 128 cm³/mol. The van der Waals surface area contributed by atoms with Crippen molar-refractivity contribution >= 4 is 29.5 Å². The Morgan fingerprint density at radius 2 is 1.49 bits per heavy atom. The van der Waals surface area contributed by atoms with Crippen molar-refractivity contribution in [1.82, 2.24) is 9.55 Å². The van der Waals surface area contributed by atoms with E-state index in [4.69, 9.17) is 30.8 Å². The van der Waals surface area contributed by atoms with Crippen molar-refractivity contribution in [2.24, 2.45) is 5.41 Å². The molecule has 1 fully saturated rings. The summed E-state index contributed by atoms with van der Waals surface area (Å²) in [6.45, 7) is 5.41. The lowest BCUT2D eigenvalue weighted by Crippen LogP contribution is -2.53. The van der Waals surface area contributed by atoms with Gasteiger partial charge in [-0.2, -0.15) is 0 Å². The molecule has 9 heteroatoms.